The van der Waals surface area contributed by atoms with E-state index in [0.717, 1.165) is 23.8 Å². The van der Waals surface area contributed by atoms with Crippen molar-refractivity contribution in [2.24, 2.45) is 0 Å². The van der Waals surface area contributed by atoms with Gasteiger partial charge < -0.3 is 9.47 Å². The van der Waals surface area contributed by atoms with Crippen LogP contribution in [0.25, 0.3) is 0 Å². The van der Waals surface area contributed by atoms with Crippen molar-refractivity contribution in [1.29, 1.82) is 5.26 Å². The Kier molecular flexibility index (Phi) is 5.33. The molecule has 0 N–H and O–H groups in total. The summed E-state index contributed by atoms with van der Waals surface area (Å²) in [5, 5.41) is 18.7. The van der Waals surface area contributed by atoms with Crippen LogP contribution in [-0.2, 0) is 11.3 Å². The van der Waals surface area contributed by atoms with Crippen LogP contribution in [-0.4, -0.2) is 43.9 Å². The van der Waals surface area contributed by atoms with Gasteiger partial charge >= 0.3 is 0 Å². The molecule has 6 nitrogen and oxygen atoms in total. The topological polar surface area (TPSA) is 74.8 Å². The van der Waals surface area contributed by atoms with Gasteiger partial charge in [-0.15, -0.1) is 10.2 Å². The summed E-state index contributed by atoms with van der Waals surface area (Å²) in [5.74, 6) is 1.63. The maximum absolute atomic E-state index is 12.4. The van der Waals surface area contributed by atoms with Gasteiger partial charge in [-0.2, -0.15) is 5.26 Å². The summed E-state index contributed by atoms with van der Waals surface area (Å²) >= 11 is 1.38. The van der Waals surface area contributed by atoms with E-state index in [-0.39, 0.29) is 11.7 Å². The van der Waals surface area contributed by atoms with E-state index in [1.54, 1.807) is 20.9 Å². The fourth-order valence-corrected chi connectivity index (χ4v) is 3.43. The number of hydrogen-bond acceptors (Lipinski definition) is 5. The van der Waals surface area contributed by atoms with Gasteiger partial charge in [-0.1, -0.05) is 42.1 Å². The Balaban J connectivity index is 1.74. The number of aromatic nitrogens is 3. The number of thioether (sulfide) groups is 1. The molecule has 1 aliphatic carbocycles. The van der Waals surface area contributed by atoms with E-state index < -0.39 is 5.54 Å². The summed E-state index contributed by atoms with van der Waals surface area (Å²) in [6, 6.07) is 12.4. The van der Waals surface area contributed by atoms with Crippen LogP contribution in [0.1, 0.15) is 44.0 Å². The number of nitriles is 1. The molecule has 1 saturated carbocycles. The third-order valence-corrected chi connectivity index (χ3v) is 5.63. The Morgan fingerprint density at radius 1 is 1.35 bits per heavy atom. The number of carbonyl (C=O) groups is 1. The van der Waals surface area contributed by atoms with Gasteiger partial charge in [-0.25, -0.2) is 0 Å². The second-order valence-electron chi connectivity index (χ2n) is 7.10. The Morgan fingerprint density at radius 3 is 2.65 bits per heavy atom. The van der Waals surface area contributed by atoms with Crippen molar-refractivity contribution in [1.82, 2.24) is 19.7 Å². The smallest absolute Gasteiger partial charge is 0.234 e. The molecule has 1 aliphatic rings. The lowest BCUT2D eigenvalue weighted by molar-refractivity contribution is -0.130. The molecule has 0 unspecified atom stereocenters. The summed E-state index contributed by atoms with van der Waals surface area (Å²) in [7, 11) is 1.66. The quantitative estimate of drug-likeness (QED) is 0.701. The molecule has 26 heavy (non-hydrogen) atoms. The molecule has 0 saturated heterocycles. The SMILES string of the molecule is CN(C(=O)CSc1nnc(C2CC2)n1Cc1ccccc1)C(C)(C)C#N. The molecule has 1 aromatic carbocycles. The summed E-state index contributed by atoms with van der Waals surface area (Å²) in [6.45, 7) is 4.17. The van der Waals surface area contributed by atoms with Crippen molar-refractivity contribution in [3.8, 4) is 6.07 Å². The van der Waals surface area contributed by atoms with Crippen molar-refractivity contribution < 1.29 is 4.79 Å². The van der Waals surface area contributed by atoms with Gasteiger partial charge in [0.25, 0.3) is 0 Å². The minimum absolute atomic E-state index is 0.0937. The minimum Gasteiger partial charge on any atom is -0.327 e. The van der Waals surface area contributed by atoms with Gasteiger partial charge in [0.2, 0.25) is 5.91 Å². The van der Waals surface area contributed by atoms with Crippen molar-refractivity contribution >= 4 is 17.7 Å². The summed E-state index contributed by atoms with van der Waals surface area (Å²) in [4.78, 5) is 13.9. The Morgan fingerprint density at radius 2 is 2.04 bits per heavy atom. The summed E-state index contributed by atoms with van der Waals surface area (Å²) in [5.41, 5.74) is 0.360. The normalized spacial score (nSPS) is 14.1. The average Bonchev–Trinajstić information content (AvgIpc) is 3.42. The van der Waals surface area contributed by atoms with Crippen LogP contribution in [0.4, 0.5) is 0 Å². The monoisotopic (exact) mass is 369 g/mol. The molecule has 1 amide bonds. The highest BCUT2D eigenvalue weighted by Gasteiger charge is 2.31. The van der Waals surface area contributed by atoms with E-state index in [1.165, 1.54) is 22.2 Å². The van der Waals surface area contributed by atoms with Crippen molar-refractivity contribution in [2.45, 2.75) is 49.8 Å². The van der Waals surface area contributed by atoms with Crippen molar-refractivity contribution in [3.05, 3.63) is 41.7 Å². The van der Waals surface area contributed by atoms with Crippen LogP contribution in [0.5, 0.6) is 0 Å². The molecule has 136 valence electrons. The fourth-order valence-electron chi connectivity index (χ4n) is 2.57. The van der Waals surface area contributed by atoms with Gasteiger partial charge in [-0.3, -0.25) is 4.79 Å². The summed E-state index contributed by atoms with van der Waals surface area (Å²) < 4.78 is 2.13. The van der Waals surface area contributed by atoms with E-state index >= 15 is 0 Å². The number of benzene rings is 1. The van der Waals surface area contributed by atoms with Crippen LogP contribution < -0.4 is 0 Å². The Bertz CT molecular complexity index is 820. The average molecular weight is 369 g/mol. The number of rotatable bonds is 7. The van der Waals surface area contributed by atoms with E-state index in [2.05, 4.69) is 33.0 Å². The molecule has 3 rings (SSSR count). The van der Waals surface area contributed by atoms with Crippen molar-refractivity contribution in [3.63, 3.8) is 0 Å². The van der Waals surface area contributed by atoms with E-state index in [0.29, 0.717) is 12.5 Å². The molecular formula is C19H23N5OS. The van der Waals surface area contributed by atoms with E-state index in [1.807, 2.05) is 18.2 Å². The first-order chi connectivity index (χ1) is 12.4. The molecule has 0 radical (unpaired) electrons. The van der Waals surface area contributed by atoms with Gasteiger partial charge in [0.05, 0.1) is 18.4 Å². The van der Waals surface area contributed by atoms with Crippen molar-refractivity contribution in [2.75, 3.05) is 12.8 Å². The molecule has 0 spiro atoms. The zero-order valence-corrected chi connectivity index (χ0v) is 16.2. The molecule has 1 fully saturated rings. The molecular weight excluding hydrogens is 346 g/mol. The highest BCUT2D eigenvalue weighted by atomic mass is 32.2. The maximum atomic E-state index is 12.4. The second kappa shape index (κ2) is 7.50. The molecule has 2 aromatic rings. The van der Waals surface area contributed by atoms with E-state index in [4.69, 9.17) is 0 Å². The largest absolute Gasteiger partial charge is 0.327 e. The molecule has 1 aromatic heterocycles. The molecule has 7 heteroatoms. The lowest BCUT2D eigenvalue weighted by Crippen LogP contribution is -2.44. The van der Waals surface area contributed by atoms with Gasteiger partial charge in [0.1, 0.15) is 11.4 Å². The standard InChI is InChI=1S/C19H23N5OS/c1-19(2,13-20)23(3)16(25)12-26-18-22-21-17(15-9-10-15)24(18)11-14-7-5-4-6-8-14/h4-8,15H,9-12H2,1-3H3. The lowest BCUT2D eigenvalue weighted by Gasteiger charge is -2.28. The first kappa shape index (κ1) is 18.5. The molecule has 0 atom stereocenters. The number of carbonyl (C=O) groups excluding carboxylic acids is 1. The highest BCUT2D eigenvalue weighted by Crippen LogP contribution is 2.40. The number of hydrogen-bond donors (Lipinski definition) is 0. The zero-order chi connectivity index (χ0) is 18.7. The lowest BCUT2D eigenvalue weighted by atomic mass is 10.1. The second-order valence-corrected chi connectivity index (χ2v) is 8.04. The fraction of sp³-hybridized carbons (Fsp3) is 0.474. The van der Waals surface area contributed by atoms with Crippen LogP contribution in [0.2, 0.25) is 0 Å². The maximum Gasteiger partial charge on any atom is 0.234 e. The molecule has 1 heterocycles. The predicted octanol–water partition coefficient (Wildman–Crippen LogP) is 3.06. The van der Waals surface area contributed by atoms with Gasteiger partial charge in [-0.05, 0) is 32.3 Å². The van der Waals surface area contributed by atoms with E-state index in [9.17, 15) is 10.1 Å². The molecule has 0 bridgehead atoms. The van der Waals surface area contributed by atoms with Crippen LogP contribution in [0, 0.1) is 11.3 Å². The van der Waals surface area contributed by atoms with Gasteiger partial charge in [0, 0.05) is 13.0 Å². The number of nitrogens with zero attached hydrogens (tertiary/aromatic N) is 5. The summed E-state index contributed by atoms with van der Waals surface area (Å²) in [6.07, 6.45) is 2.30. The third-order valence-electron chi connectivity index (χ3n) is 4.68. The Hall–Kier alpha value is -2.33. The first-order valence-electron chi connectivity index (χ1n) is 8.70. The highest BCUT2D eigenvalue weighted by molar-refractivity contribution is 7.99. The third kappa shape index (κ3) is 4.07. The number of amides is 1. The molecule has 0 aliphatic heterocycles. The minimum atomic E-state index is -0.825. The van der Waals surface area contributed by atoms with Gasteiger partial charge in [0.15, 0.2) is 5.16 Å². The zero-order valence-electron chi connectivity index (χ0n) is 15.3. The van der Waals surface area contributed by atoms with Crippen LogP contribution >= 0.6 is 11.8 Å². The predicted molar refractivity (Wildman–Crippen MR) is 101 cm³/mol. The van der Waals surface area contributed by atoms with Crippen LogP contribution in [0.15, 0.2) is 35.5 Å². The Labute approximate surface area is 158 Å². The first-order valence-corrected chi connectivity index (χ1v) is 9.68. The van der Waals surface area contributed by atoms with Crippen LogP contribution in [0.3, 0.4) is 0 Å².